The second kappa shape index (κ2) is 9.17. The fourth-order valence-electron chi connectivity index (χ4n) is 3.18. The van der Waals surface area contributed by atoms with Crippen LogP contribution in [0.3, 0.4) is 0 Å². The van der Waals surface area contributed by atoms with E-state index in [-0.39, 0.29) is 18.3 Å². The number of ether oxygens (including phenoxy) is 2. The number of carbonyl (C=O) groups is 1. The Kier molecular flexibility index (Phi) is 7.13. The van der Waals surface area contributed by atoms with E-state index in [1.54, 1.807) is 18.2 Å². The summed E-state index contributed by atoms with van der Waals surface area (Å²) in [5.41, 5.74) is 3.45. The van der Waals surface area contributed by atoms with E-state index in [2.05, 4.69) is 5.32 Å². The summed E-state index contributed by atoms with van der Waals surface area (Å²) in [6.07, 6.45) is 1.05. The van der Waals surface area contributed by atoms with E-state index in [4.69, 9.17) is 9.47 Å². The van der Waals surface area contributed by atoms with Crippen LogP contribution in [-0.4, -0.2) is 41.3 Å². The third-order valence-electron chi connectivity index (χ3n) is 4.61. The Morgan fingerprint density at radius 3 is 2.34 bits per heavy atom. The minimum Gasteiger partial charge on any atom is -0.497 e. The highest BCUT2D eigenvalue weighted by Crippen LogP contribution is 2.33. The molecule has 0 aliphatic carbocycles. The average Bonchev–Trinajstić information content (AvgIpc) is 2.64. The fourth-order valence-corrected chi connectivity index (χ4v) is 4.04. The third-order valence-corrected chi connectivity index (χ3v) is 5.74. The lowest BCUT2D eigenvalue weighted by atomic mass is 10.0. The van der Waals surface area contributed by atoms with Gasteiger partial charge in [0.25, 0.3) is 0 Å². The molecular weight excluding hydrogens is 392 g/mol. The predicted octanol–water partition coefficient (Wildman–Crippen LogP) is 2.96. The van der Waals surface area contributed by atoms with Crippen LogP contribution in [0.4, 0.5) is 5.69 Å². The molecule has 0 aromatic heterocycles. The van der Waals surface area contributed by atoms with Crippen molar-refractivity contribution >= 4 is 21.6 Å². The lowest BCUT2D eigenvalue weighted by Crippen LogP contribution is -2.41. The van der Waals surface area contributed by atoms with Crippen LogP contribution >= 0.6 is 0 Å². The van der Waals surface area contributed by atoms with Gasteiger partial charge in [0.2, 0.25) is 15.9 Å². The van der Waals surface area contributed by atoms with Crippen molar-refractivity contribution in [2.24, 2.45) is 0 Å². The summed E-state index contributed by atoms with van der Waals surface area (Å²) < 4.78 is 36.3. The van der Waals surface area contributed by atoms with E-state index in [9.17, 15) is 13.2 Å². The predicted molar refractivity (Wildman–Crippen MR) is 114 cm³/mol. The van der Waals surface area contributed by atoms with Crippen LogP contribution in [0.25, 0.3) is 0 Å². The first kappa shape index (κ1) is 22.5. The molecule has 1 atom stereocenters. The van der Waals surface area contributed by atoms with Crippen molar-refractivity contribution in [1.29, 1.82) is 0 Å². The number of sulfonamides is 1. The molecule has 2 rings (SSSR count). The molecule has 1 N–H and O–H groups in total. The largest absolute Gasteiger partial charge is 0.497 e. The molecule has 0 saturated carbocycles. The molecule has 0 unspecified atom stereocenters. The number of hydrogen-bond acceptors (Lipinski definition) is 5. The van der Waals surface area contributed by atoms with E-state index in [1.165, 1.54) is 14.2 Å². The van der Waals surface area contributed by atoms with Crippen LogP contribution in [0.1, 0.15) is 29.7 Å². The third kappa shape index (κ3) is 5.63. The van der Waals surface area contributed by atoms with Gasteiger partial charge in [0, 0.05) is 6.07 Å². The van der Waals surface area contributed by atoms with Gasteiger partial charge in [-0.1, -0.05) is 23.8 Å². The normalized spacial score (nSPS) is 12.2. The summed E-state index contributed by atoms with van der Waals surface area (Å²) >= 11 is 0. The van der Waals surface area contributed by atoms with Crippen molar-refractivity contribution in [2.75, 3.05) is 31.3 Å². The molecule has 0 radical (unpaired) electrons. The monoisotopic (exact) mass is 420 g/mol. The minimum atomic E-state index is -3.73. The maximum atomic E-state index is 12.7. The van der Waals surface area contributed by atoms with Crippen LogP contribution in [-0.2, 0) is 14.8 Å². The van der Waals surface area contributed by atoms with Gasteiger partial charge in [-0.15, -0.1) is 0 Å². The Morgan fingerprint density at radius 1 is 1.10 bits per heavy atom. The number of anilines is 1. The standard InChI is InChI=1S/C21H28N2O5S/c1-14-7-9-18(15(2)11-14)16(3)22-21(24)13-23(29(6,25)26)19-10-8-17(27-4)12-20(19)28-5/h7-12,16H,13H2,1-6H3,(H,22,24)/t16-/m1/s1. The number of benzene rings is 2. The SMILES string of the molecule is COc1ccc(N(CC(=O)N[C@H](C)c2ccc(C)cc2C)S(C)(=O)=O)c(OC)c1. The molecule has 0 spiro atoms. The highest BCUT2D eigenvalue weighted by atomic mass is 32.2. The highest BCUT2D eigenvalue weighted by Gasteiger charge is 2.25. The van der Waals surface area contributed by atoms with Crippen molar-refractivity contribution in [2.45, 2.75) is 26.8 Å². The lowest BCUT2D eigenvalue weighted by molar-refractivity contribution is -0.120. The molecule has 0 saturated heterocycles. The molecule has 0 aliphatic rings. The van der Waals surface area contributed by atoms with E-state index >= 15 is 0 Å². The Bertz CT molecular complexity index is 989. The van der Waals surface area contributed by atoms with Crippen molar-refractivity contribution in [3.63, 3.8) is 0 Å². The lowest BCUT2D eigenvalue weighted by Gasteiger charge is -2.25. The second-order valence-electron chi connectivity index (χ2n) is 6.96. The first-order valence-electron chi connectivity index (χ1n) is 9.13. The van der Waals surface area contributed by atoms with Crippen molar-refractivity contribution in [3.05, 3.63) is 53.1 Å². The Balaban J connectivity index is 2.26. The Hall–Kier alpha value is -2.74. The van der Waals surface area contributed by atoms with Crippen molar-refractivity contribution in [1.82, 2.24) is 5.32 Å². The molecule has 0 bridgehead atoms. The molecule has 2 aromatic rings. The summed E-state index contributed by atoms with van der Waals surface area (Å²) in [7, 11) is -0.791. The molecular formula is C21H28N2O5S. The van der Waals surface area contributed by atoms with Crippen LogP contribution in [0.5, 0.6) is 11.5 Å². The summed E-state index contributed by atoms with van der Waals surface area (Å²) in [4.78, 5) is 12.7. The smallest absolute Gasteiger partial charge is 0.241 e. The number of rotatable bonds is 8. The first-order chi connectivity index (χ1) is 13.6. The van der Waals surface area contributed by atoms with Crippen LogP contribution in [0.15, 0.2) is 36.4 Å². The van der Waals surface area contributed by atoms with Gasteiger partial charge in [0.05, 0.1) is 32.2 Å². The summed E-state index contributed by atoms with van der Waals surface area (Å²) in [6.45, 7) is 5.49. The molecule has 2 aromatic carbocycles. The minimum absolute atomic E-state index is 0.262. The van der Waals surface area contributed by atoms with Crippen LogP contribution in [0.2, 0.25) is 0 Å². The summed E-state index contributed by atoms with van der Waals surface area (Å²) in [6, 6.07) is 10.5. The van der Waals surface area contributed by atoms with Gasteiger partial charge in [-0.2, -0.15) is 0 Å². The maximum absolute atomic E-state index is 12.7. The van der Waals surface area contributed by atoms with E-state index < -0.39 is 15.9 Å². The molecule has 8 heteroatoms. The van der Waals surface area contributed by atoms with Crippen LogP contribution in [0, 0.1) is 13.8 Å². The zero-order chi connectivity index (χ0) is 21.8. The molecule has 29 heavy (non-hydrogen) atoms. The molecule has 7 nitrogen and oxygen atoms in total. The van der Waals surface area contributed by atoms with Gasteiger partial charge in [-0.05, 0) is 44.0 Å². The second-order valence-corrected chi connectivity index (χ2v) is 8.86. The van der Waals surface area contributed by atoms with Gasteiger partial charge in [-0.25, -0.2) is 8.42 Å². The number of aryl methyl sites for hydroxylation is 2. The molecule has 0 aliphatic heterocycles. The summed E-state index contributed by atoms with van der Waals surface area (Å²) in [5.74, 6) is 0.401. The van der Waals surface area contributed by atoms with Crippen molar-refractivity contribution in [3.8, 4) is 11.5 Å². The number of amides is 1. The van der Waals surface area contributed by atoms with E-state index in [1.807, 2.05) is 39.0 Å². The van der Waals surface area contributed by atoms with Gasteiger partial charge in [-0.3, -0.25) is 9.10 Å². The highest BCUT2D eigenvalue weighted by molar-refractivity contribution is 7.92. The Labute approximate surface area is 172 Å². The topological polar surface area (TPSA) is 84.9 Å². The first-order valence-corrected chi connectivity index (χ1v) is 11.0. The fraction of sp³-hybridized carbons (Fsp3) is 0.381. The van der Waals surface area contributed by atoms with Gasteiger partial charge < -0.3 is 14.8 Å². The summed E-state index contributed by atoms with van der Waals surface area (Å²) in [5, 5.41) is 2.88. The van der Waals surface area contributed by atoms with E-state index in [0.29, 0.717) is 11.5 Å². The number of nitrogens with zero attached hydrogens (tertiary/aromatic N) is 1. The van der Waals surface area contributed by atoms with E-state index in [0.717, 1.165) is 27.3 Å². The molecule has 0 fully saturated rings. The number of methoxy groups -OCH3 is 2. The van der Waals surface area contributed by atoms with Gasteiger partial charge >= 0.3 is 0 Å². The Morgan fingerprint density at radius 2 is 1.79 bits per heavy atom. The zero-order valence-corrected chi connectivity index (χ0v) is 18.5. The maximum Gasteiger partial charge on any atom is 0.241 e. The van der Waals surface area contributed by atoms with Gasteiger partial charge in [0.1, 0.15) is 18.0 Å². The molecule has 158 valence electrons. The zero-order valence-electron chi connectivity index (χ0n) is 17.6. The number of carbonyl (C=O) groups excluding carboxylic acids is 1. The van der Waals surface area contributed by atoms with Crippen LogP contribution < -0.4 is 19.1 Å². The molecule has 0 heterocycles. The number of nitrogens with one attached hydrogen (secondary N) is 1. The quantitative estimate of drug-likeness (QED) is 0.710. The molecule has 1 amide bonds. The van der Waals surface area contributed by atoms with Crippen molar-refractivity contribution < 1.29 is 22.7 Å². The van der Waals surface area contributed by atoms with Gasteiger partial charge in [0.15, 0.2) is 0 Å². The number of hydrogen-bond donors (Lipinski definition) is 1. The average molecular weight is 421 g/mol.